The van der Waals surface area contributed by atoms with E-state index < -0.39 is 23.1 Å². The van der Waals surface area contributed by atoms with Gasteiger partial charge in [-0.1, -0.05) is 19.9 Å². The zero-order valence-corrected chi connectivity index (χ0v) is 17.8. The molecule has 0 radical (unpaired) electrons. The number of nitrogens with zero attached hydrogens (tertiary/aromatic N) is 2. The molecule has 0 bridgehead atoms. The summed E-state index contributed by atoms with van der Waals surface area (Å²) >= 11 is 0. The number of aromatic amines is 2. The molecule has 7 nitrogen and oxygen atoms in total. The van der Waals surface area contributed by atoms with E-state index in [9.17, 15) is 18.0 Å². The Labute approximate surface area is 187 Å². The highest BCUT2D eigenvalue weighted by Gasteiger charge is 2.22. The van der Waals surface area contributed by atoms with E-state index in [1.807, 2.05) is 13.8 Å². The predicted molar refractivity (Wildman–Crippen MR) is 118 cm³/mol. The van der Waals surface area contributed by atoms with Crippen molar-refractivity contribution in [2.75, 3.05) is 5.32 Å². The summed E-state index contributed by atoms with van der Waals surface area (Å²) in [5, 5.41) is 12.5. The molecule has 0 saturated heterocycles. The minimum atomic E-state index is -0.976. The van der Waals surface area contributed by atoms with Gasteiger partial charge in [-0.3, -0.25) is 9.89 Å². The minimum absolute atomic E-state index is 0.186. The molecule has 0 saturated carbocycles. The molecule has 0 fully saturated rings. The van der Waals surface area contributed by atoms with Gasteiger partial charge in [0.1, 0.15) is 28.7 Å². The summed E-state index contributed by atoms with van der Waals surface area (Å²) < 4.78 is 41.4. The molecule has 4 rings (SSSR count). The SMILES string of the molecule is CC(C)NCc1[nH]c(-c2[nH]ncc2NC(=O)c2c(F)cccc2F)nc1-c1ccc(F)cc1. The second-order valence-electron chi connectivity index (χ2n) is 7.66. The molecule has 4 aromatic rings. The molecule has 2 aromatic heterocycles. The maximum absolute atomic E-state index is 14.0. The zero-order valence-electron chi connectivity index (χ0n) is 17.8. The van der Waals surface area contributed by atoms with Crippen molar-refractivity contribution in [1.82, 2.24) is 25.5 Å². The standard InChI is InChI=1S/C23H21F3N6O/c1-12(2)27-10-17-20(13-6-8-14(24)9-7-13)31-22(29-17)21-18(11-28-32-21)30-23(33)19-15(25)4-3-5-16(19)26/h3-9,11-12,27H,10H2,1-2H3,(H,28,32)(H,29,31)(H,30,33). The van der Waals surface area contributed by atoms with Gasteiger partial charge in [0.15, 0.2) is 5.82 Å². The summed E-state index contributed by atoms with van der Waals surface area (Å²) in [6.07, 6.45) is 1.32. The van der Waals surface area contributed by atoms with E-state index in [4.69, 9.17) is 0 Å². The van der Waals surface area contributed by atoms with Crippen LogP contribution >= 0.6 is 0 Å². The lowest BCUT2D eigenvalue weighted by Crippen LogP contribution is -2.22. The van der Waals surface area contributed by atoms with Crippen LogP contribution < -0.4 is 10.6 Å². The summed E-state index contributed by atoms with van der Waals surface area (Å²) in [5.41, 5.74) is 1.82. The van der Waals surface area contributed by atoms with E-state index in [1.165, 1.54) is 24.4 Å². The van der Waals surface area contributed by atoms with Crippen LogP contribution in [-0.2, 0) is 6.54 Å². The van der Waals surface area contributed by atoms with Crippen molar-refractivity contribution in [1.29, 1.82) is 0 Å². The molecular weight excluding hydrogens is 433 g/mol. The maximum Gasteiger partial charge on any atom is 0.261 e. The average Bonchev–Trinajstić information content (AvgIpc) is 3.39. The molecule has 10 heteroatoms. The Kier molecular flexibility index (Phi) is 6.27. The third-order valence-corrected chi connectivity index (χ3v) is 4.90. The highest BCUT2D eigenvalue weighted by atomic mass is 19.1. The smallest absolute Gasteiger partial charge is 0.261 e. The molecule has 170 valence electrons. The number of imidazole rings is 1. The first-order valence-corrected chi connectivity index (χ1v) is 10.2. The summed E-state index contributed by atoms with van der Waals surface area (Å²) in [7, 11) is 0. The number of rotatable bonds is 7. The molecule has 2 heterocycles. The van der Waals surface area contributed by atoms with Crippen molar-refractivity contribution in [3.05, 3.63) is 77.4 Å². The lowest BCUT2D eigenvalue weighted by molar-refractivity contribution is 0.101. The van der Waals surface area contributed by atoms with Crippen molar-refractivity contribution >= 4 is 11.6 Å². The van der Waals surface area contributed by atoms with E-state index in [2.05, 4.69) is 30.8 Å². The summed E-state index contributed by atoms with van der Waals surface area (Å²) in [5.74, 6) is -2.93. The van der Waals surface area contributed by atoms with Crippen LogP contribution in [0, 0.1) is 17.5 Å². The number of benzene rings is 2. The van der Waals surface area contributed by atoms with Crippen LogP contribution in [0.3, 0.4) is 0 Å². The number of H-pyrrole nitrogens is 2. The van der Waals surface area contributed by atoms with Gasteiger partial charge in [0.2, 0.25) is 0 Å². The van der Waals surface area contributed by atoms with Crippen LogP contribution in [0.25, 0.3) is 22.8 Å². The van der Waals surface area contributed by atoms with Crippen LogP contribution in [-0.4, -0.2) is 32.1 Å². The largest absolute Gasteiger partial charge is 0.339 e. The molecule has 33 heavy (non-hydrogen) atoms. The first kappa shape index (κ1) is 22.3. The number of anilines is 1. The van der Waals surface area contributed by atoms with Crippen LogP contribution in [0.5, 0.6) is 0 Å². The summed E-state index contributed by atoms with van der Waals surface area (Å²) in [4.78, 5) is 20.3. The highest BCUT2D eigenvalue weighted by Crippen LogP contribution is 2.29. The molecule has 0 aliphatic carbocycles. The van der Waals surface area contributed by atoms with Gasteiger partial charge in [-0.15, -0.1) is 0 Å². The highest BCUT2D eigenvalue weighted by molar-refractivity contribution is 6.06. The van der Waals surface area contributed by atoms with Crippen molar-refractivity contribution in [2.45, 2.75) is 26.4 Å². The van der Waals surface area contributed by atoms with E-state index in [1.54, 1.807) is 12.1 Å². The van der Waals surface area contributed by atoms with Gasteiger partial charge in [-0.25, -0.2) is 18.2 Å². The van der Waals surface area contributed by atoms with Crippen LogP contribution in [0.2, 0.25) is 0 Å². The third kappa shape index (κ3) is 4.80. The van der Waals surface area contributed by atoms with Crippen molar-refractivity contribution < 1.29 is 18.0 Å². The summed E-state index contributed by atoms with van der Waals surface area (Å²) in [6.45, 7) is 4.45. The van der Waals surface area contributed by atoms with E-state index in [-0.39, 0.29) is 17.5 Å². The number of carbonyl (C=O) groups excluding carboxylic acids is 1. The number of hydrogen-bond donors (Lipinski definition) is 4. The molecule has 0 aliphatic rings. The van der Waals surface area contributed by atoms with E-state index in [0.717, 1.165) is 17.8 Å². The Bertz CT molecular complexity index is 1260. The van der Waals surface area contributed by atoms with E-state index >= 15 is 0 Å². The Morgan fingerprint density at radius 2 is 1.76 bits per heavy atom. The molecule has 0 aliphatic heterocycles. The number of nitrogens with one attached hydrogen (secondary N) is 4. The fourth-order valence-corrected chi connectivity index (χ4v) is 3.27. The number of hydrogen-bond acceptors (Lipinski definition) is 4. The molecule has 0 atom stereocenters. The first-order valence-electron chi connectivity index (χ1n) is 10.2. The number of halogens is 3. The fourth-order valence-electron chi connectivity index (χ4n) is 3.27. The number of amides is 1. The molecule has 4 N–H and O–H groups in total. The predicted octanol–water partition coefficient (Wildman–Crippen LogP) is 4.63. The zero-order chi connectivity index (χ0) is 23.5. The average molecular weight is 454 g/mol. The van der Waals surface area contributed by atoms with Gasteiger partial charge in [0.05, 0.1) is 23.3 Å². The van der Waals surface area contributed by atoms with Crippen LogP contribution in [0.1, 0.15) is 29.9 Å². The van der Waals surface area contributed by atoms with Gasteiger partial charge < -0.3 is 15.6 Å². The van der Waals surface area contributed by atoms with Crippen molar-refractivity contribution in [3.63, 3.8) is 0 Å². The number of carbonyl (C=O) groups is 1. The van der Waals surface area contributed by atoms with Gasteiger partial charge in [0, 0.05) is 18.2 Å². The Balaban J connectivity index is 1.69. The molecule has 0 unspecified atom stereocenters. The second kappa shape index (κ2) is 9.29. The van der Waals surface area contributed by atoms with Crippen molar-refractivity contribution in [3.8, 4) is 22.8 Å². The second-order valence-corrected chi connectivity index (χ2v) is 7.66. The molecule has 1 amide bonds. The van der Waals surface area contributed by atoms with Gasteiger partial charge in [-0.2, -0.15) is 5.10 Å². The third-order valence-electron chi connectivity index (χ3n) is 4.90. The Morgan fingerprint density at radius 3 is 2.42 bits per heavy atom. The Morgan fingerprint density at radius 1 is 1.06 bits per heavy atom. The van der Waals surface area contributed by atoms with Crippen LogP contribution in [0.4, 0.5) is 18.9 Å². The van der Waals surface area contributed by atoms with Gasteiger partial charge >= 0.3 is 0 Å². The van der Waals surface area contributed by atoms with Crippen molar-refractivity contribution in [2.24, 2.45) is 0 Å². The van der Waals surface area contributed by atoms with E-state index in [0.29, 0.717) is 29.3 Å². The van der Waals surface area contributed by atoms with Crippen LogP contribution in [0.15, 0.2) is 48.7 Å². The van der Waals surface area contributed by atoms with Gasteiger partial charge in [-0.05, 0) is 36.4 Å². The number of aromatic nitrogens is 4. The molecular formula is C23H21F3N6O. The topological polar surface area (TPSA) is 98.5 Å². The first-order chi connectivity index (χ1) is 15.8. The maximum atomic E-state index is 14.0. The molecule has 0 spiro atoms. The monoisotopic (exact) mass is 454 g/mol. The fraction of sp³-hybridized carbons (Fsp3) is 0.174. The quantitative estimate of drug-likeness (QED) is 0.327. The van der Waals surface area contributed by atoms with Gasteiger partial charge in [0.25, 0.3) is 5.91 Å². The minimum Gasteiger partial charge on any atom is -0.339 e. The summed E-state index contributed by atoms with van der Waals surface area (Å²) in [6, 6.07) is 9.30. The lowest BCUT2D eigenvalue weighted by Gasteiger charge is -2.08. The molecule has 2 aromatic carbocycles. The lowest BCUT2D eigenvalue weighted by atomic mass is 10.1. The normalized spacial score (nSPS) is 11.2. The Hall–Kier alpha value is -3.92.